The van der Waals surface area contributed by atoms with E-state index < -0.39 is 0 Å². The van der Waals surface area contributed by atoms with Crippen molar-refractivity contribution in [2.75, 3.05) is 12.4 Å². The van der Waals surface area contributed by atoms with Gasteiger partial charge in [0.15, 0.2) is 0 Å². The molecule has 1 aromatic carbocycles. The van der Waals surface area contributed by atoms with E-state index in [0.29, 0.717) is 24.5 Å². The molecule has 2 rings (SSSR count). The van der Waals surface area contributed by atoms with E-state index in [1.165, 1.54) is 0 Å². The summed E-state index contributed by atoms with van der Waals surface area (Å²) in [6.45, 7) is 2.96. The van der Waals surface area contributed by atoms with Gasteiger partial charge in [0, 0.05) is 11.3 Å². The van der Waals surface area contributed by atoms with Crippen LogP contribution in [0.25, 0.3) is 0 Å². The number of rotatable bonds is 4. The first kappa shape index (κ1) is 12.0. The fraction of sp³-hybridized carbons (Fsp3) is 0.364. The minimum absolute atomic E-state index is 0.268. The van der Waals surface area contributed by atoms with Crippen LogP contribution in [-0.2, 0) is 11.3 Å². The lowest BCUT2D eigenvalue weighted by Crippen LogP contribution is -2.05. The molecule has 0 atom stereocenters. The van der Waals surface area contributed by atoms with Crippen molar-refractivity contribution in [1.82, 2.24) is 0 Å². The van der Waals surface area contributed by atoms with Crippen molar-refractivity contribution in [2.24, 2.45) is 0 Å². The maximum atomic E-state index is 11.6. The molecule has 0 aliphatic carbocycles. The lowest BCUT2D eigenvalue weighted by Gasteiger charge is -2.09. The number of benzene rings is 1. The third kappa shape index (κ3) is 2.29. The summed E-state index contributed by atoms with van der Waals surface area (Å²) >= 11 is 2.22. The summed E-state index contributed by atoms with van der Waals surface area (Å²) in [7, 11) is 1.69. The molecular weight excluding hydrogens is 339 g/mol. The average Bonchev–Trinajstić information content (AvgIpc) is 2.66. The minimum atomic E-state index is -0.268. The monoisotopic (exact) mass is 350 g/mol. The molecule has 0 unspecified atom stereocenters. The second-order valence-corrected chi connectivity index (χ2v) is 5.97. The van der Waals surface area contributed by atoms with E-state index in [-0.39, 0.29) is 5.97 Å². The summed E-state index contributed by atoms with van der Waals surface area (Å²) < 4.78 is 10.6. The third-order valence-corrected chi connectivity index (χ3v) is 4.12. The number of aryl methyl sites for hydroxylation is 1. The third-order valence-electron chi connectivity index (χ3n) is 2.48. The Morgan fingerprint density at radius 2 is 2.38 bits per heavy atom. The topological polar surface area (TPSA) is 35.5 Å². The van der Waals surface area contributed by atoms with Crippen molar-refractivity contribution in [2.45, 2.75) is 13.5 Å². The Bertz CT molecular complexity index is 420. The van der Waals surface area contributed by atoms with Crippen LogP contribution >= 0.6 is 30.1 Å². The van der Waals surface area contributed by atoms with E-state index >= 15 is 0 Å². The van der Waals surface area contributed by atoms with Crippen molar-refractivity contribution < 1.29 is 14.3 Å². The SMILES string of the molecule is Cc1ccc(OCCSI)c2c1COC2=O. The number of carbonyl (C=O) groups is 1. The summed E-state index contributed by atoms with van der Waals surface area (Å²) in [6, 6.07) is 3.81. The molecule has 0 fully saturated rings. The fourth-order valence-corrected chi connectivity index (χ4v) is 2.34. The van der Waals surface area contributed by atoms with Gasteiger partial charge in [-0.15, -0.1) is 0 Å². The molecule has 1 aromatic rings. The lowest BCUT2D eigenvalue weighted by molar-refractivity contribution is 0.0532. The van der Waals surface area contributed by atoms with Gasteiger partial charge in [-0.2, -0.15) is 0 Å². The van der Waals surface area contributed by atoms with Crippen LogP contribution in [0.15, 0.2) is 12.1 Å². The number of esters is 1. The molecule has 86 valence electrons. The van der Waals surface area contributed by atoms with Gasteiger partial charge in [-0.05, 0) is 39.8 Å². The van der Waals surface area contributed by atoms with Gasteiger partial charge in [-0.25, -0.2) is 4.79 Å². The Labute approximate surface area is 110 Å². The molecule has 0 saturated heterocycles. The van der Waals surface area contributed by atoms with Gasteiger partial charge in [0.1, 0.15) is 17.9 Å². The zero-order valence-electron chi connectivity index (χ0n) is 8.79. The first-order chi connectivity index (χ1) is 7.74. The van der Waals surface area contributed by atoms with Gasteiger partial charge in [0.25, 0.3) is 0 Å². The lowest BCUT2D eigenvalue weighted by atomic mass is 10.0. The van der Waals surface area contributed by atoms with E-state index in [4.69, 9.17) is 9.47 Å². The van der Waals surface area contributed by atoms with Gasteiger partial charge in [0.2, 0.25) is 0 Å². The number of cyclic esters (lactones) is 1. The first-order valence-electron chi connectivity index (χ1n) is 4.90. The molecule has 0 saturated carbocycles. The second kappa shape index (κ2) is 5.27. The van der Waals surface area contributed by atoms with Crippen molar-refractivity contribution in [3.05, 3.63) is 28.8 Å². The molecule has 5 heteroatoms. The molecule has 0 bridgehead atoms. The fourth-order valence-electron chi connectivity index (χ4n) is 1.65. The maximum absolute atomic E-state index is 11.6. The van der Waals surface area contributed by atoms with Gasteiger partial charge in [-0.1, -0.05) is 15.0 Å². The van der Waals surface area contributed by atoms with Gasteiger partial charge < -0.3 is 9.47 Å². The van der Waals surface area contributed by atoms with Crippen molar-refractivity contribution in [3.8, 4) is 5.75 Å². The van der Waals surface area contributed by atoms with E-state index in [9.17, 15) is 4.79 Å². The van der Waals surface area contributed by atoms with Crippen LogP contribution in [0, 0.1) is 6.92 Å². The van der Waals surface area contributed by atoms with Crippen LogP contribution in [0.1, 0.15) is 21.5 Å². The summed E-state index contributed by atoms with van der Waals surface area (Å²) in [6.07, 6.45) is 0. The minimum Gasteiger partial charge on any atom is -0.492 e. The Morgan fingerprint density at radius 3 is 3.12 bits per heavy atom. The zero-order valence-corrected chi connectivity index (χ0v) is 11.8. The van der Waals surface area contributed by atoms with Crippen LogP contribution in [0.4, 0.5) is 0 Å². The molecule has 0 N–H and O–H groups in total. The average molecular weight is 350 g/mol. The Hall–Kier alpha value is -0.430. The molecular formula is C11H11IO3S. The van der Waals surface area contributed by atoms with Crippen LogP contribution in [0.3, 0.4) is 0 Å². The molecule has 0 spiro atoms. The van der Waals surface area contributed by atoms with Crippen molar-refractivity contribution in [3.63, 3.8) is 0 Å². The van der Waals surface area contributed by atoms with E-state index in [2.05, 4.69) is 21.2 Å². The highest BCUT2D eigenvalue weighted by Crippen LogP contribution is 2.31. The summed E-state index contributed by atoms with van der Waals surface area (Å²) in [5.41, 5.74) is 2.65. The molecule has 3 nitrogen and oxygen atoms in total. The largest absolute Gasteiger partial charge is 0.492 e. The number of hydrogen-bond acceptors (Lipinski definition) is 4. The number of halogens is 1. The number of fused-ring (bicyclic) bond motifs is 1. The standard InChI is InChI=1S/C11H11IO3S/c1-7-2-3-9(14-4-5-16-12)10-8(7)6-15-11(10)13/h2-3H,4-6H2,1H3. The summed E-state index contributed by atoms with van der Waals surface area (Å²) in [5.74, 6) is 1.28. The molecule has 1 aliphatic heterocycles. The highest BCUT2D eigenvalue weighted by atomic mass is 127. The highest BCUT2D eigenvalue weighted by Gasteiger charge is 2.27. The Kier molecular flexibility index (Phi) is 3.96. The maximum Gasteiger partial charge on any atom is 0.342 e. The Balaban J connectivity index is 2.26. The normalized spacial score (nSPS) is 13.5. The van der Waals surface area contributed by atoms with Gasteiger partial charge in [0.05, 0.1) is 6.61 Å². The molecule has 0 amide bonds. The molecule has 0 aromatic heterocycles. The quantitative estimate of drug-likeness (QED) is 0.475. The van der Waals surface area contributed by atoms with Crippen molar-refractivity contribution in [1.29, 1.82) is 0 Å². The number of carbonyl (C=O) groups excluding carboxylic acids is 1. The molecule has 16 heavy (non-hydrogen) atoms. The predicted molar refractivity (Wildman–Crippen MR) is 72.3 cm³/mol. The second-order valence-electron chi connectivity index (χ2n) is 3.47. The van der Waals surface area contributed by atoms with E-state index in [0.717, 1.165) is 16.9 Å². The van der Waals surface area contributed by atoms with Crippen molar-refractivity contribution >= 4 is 36.1 Å². The smallest absolute Gasteiger partial charge is 0.342 e. The number of ether oxygens (including phenoxy) is 2. The molecule has 1 heterocycles. The van der Waals surface area contributed by atoms with Gasteiger partial charge in [-0.3, -0.25) is 0 Å². The first-order valence-corrected chi connectivity index (χ1v) is 8.43. The Morgan fingerprint density at radius 1 is 1.56 bits per heavy atom. The molecule has 0 radical (unpaired) electrons. The van der Waals surface area contributed by atoms with Crippen LogP contribution < -0.4 is 4.74 Å². The zero-order chi connectivity index (χ0) is 11.5. The number of hydrogen-bond donors (Lipinski definition) is 0. The van der Waals surface area contributed by atoms with Crippen LogP contribution in [-0.4, -0.2) is 18.3 Å². The van der Waals surface area contributed by atoms with E-state index in [1.54, 1.807) is 8.93 Å². The summed E-state index contributed by atoms with van der Waals surface area (Å²) in [5, 5.41) is 0. The van der Waals surface area contributed by atoms with Crippen LogP contribution in [0.2, 0.25) is 0 Å². The summed E-state index contributed by atoms with van der Waals surface area (Å²) in [4.78, 5) is 11.6. The predicted octanol–water partition coefficient (Wildman–Crippen LogP) is 3.13. The van der Waals surface area contributed by atoms with Crippen LogP contribution in [0.5, 0.6) is 5.75 Å². The van der Waals surface area contributed by atoms with Gasteiger partial charge >= 0.3 is 5.97 Å². The highest BCUT2D eigenvalue weighted by molar-refractivity contribution is 14.2. The molecule has 1 aliphatic rings. The van der Waals surface area contributed by atoms with E-state index in [1.807, 2.05) is 19.1 Å².